The highest BCUT2D eigenvalue weighted by Crippen LogP contribution is 2.20. The summed E-state index contributed by atoms with van der Waals surface area (Å²) in [7, 11) is 3.55. The molecule has 1 aromatic rings. The lowest BCUT2D eigenvalue weighted by atomic mass is 9.95. The number of nitrogens with zero attached hydrogens (tertiary/aromatic N) is 3. The molecular formula is C14H19N3O2. The number of hydrogen-bond acceptors (Lipinski definition) is 3. The first-order chi connectivity index (χ1) is 9.09. The van der Waals surface area contributed by atoms with E-state index in [1.165, 1.54) is 0 Å². The normalized spacial score (nSPS) is 16.2. The highest BCUT2D eigenvalue weighted by molar-refractivity contribution is 5.94. The SMILES string of the molecule is CN(C)C(=O)C1CCN(C(=O)c2ccncc2)CC1. The lowest BCUT2D eigenvalue weighted by Crippen LogP contribution is -2.42. The molecule has 0 saturated carbocycles. The molecule has 1 saturated heterocycles. The standard InChI is InChI=1S/C14H19N3O2/c1-16(2)13(18)12-5-9-17(10-6-12)14(19)11-3-7-15-8-4-11/h3-4,7-8,12H,5-6,9-10H2,1-2H3. The van der Waals surface area contributed by atoms with E-state index in [1.807, 2.05) is 4.90 Å². The van der Waals surface area contributed by atoms with E-state index in [9.17, 15) is 9.59 Å². The maximum Gasteiger partial charge on any atom is 0.253 e. The van der Waals surface area contributed by atoms with Gasteiger partial charge in [0.2, 0.25) is 5.91 Å². The molecule has 2 rings (SSSR count). The number of amides is 2. The molecule has 0 aromatic carbocycles. The van der Waals surface area contributed by atoms with Gasteiger partial charge in [-0.05, 0) is 25.0 Å². The maximum absolute atomic E-state index is 12.2. The van der Waals surface area contributed by atoms with Crippen LogP contribution in [0.5, 0.6) is 0 Å². The summed E-state index contributed by atoms with van der Waals surface area (Å²) < 4.78 is 0. The largest absolute Gasteiger partial charge is 0.349 e. The van der Waals surface area contributed by atoms with Crippen LogP contribution in [0.2, 0.25) is 0 Å². The van der Waals surface area contributed by atoms with Crippen molar-refractivity contribution in [3.63, 3.8) is 0 Å². The third-order valence-electron chi connectivity index (χ3n) is 3.50. The molecule has 1 aromatic heterocycles. The summed E-state index contributed by atoms with van der Waals surface area (Å²) in [6, 6.07) is 3.44. The fourth-order valence-electron chi connectivity index (χ4n) is 2.37. The molecule has 1 fully saturated rings. The summed E-state index contributed by atoms with van der Waals surface area (Å²) in [6.45, 7) is 1.29. The molecule has 1 aliphatic heterocycles. The van der Waals surface area contributed by atoms with Crippen LogP contribution in [-0.4, -0.2) is 53.8 Å². The summed E-state index contributed by atoms with van der Waals surface area (Å²) in [5.74, 6) is 0.241. The van der Waals surface area contributed by atoms with Gasteiger partial charge in [0.1, 0.15) is 0 Å². The van der Waals surface area contributed by atoms with Crippen LogP contribution in [0.3, 0.4) is 0 Å². The second-order valence-corrected chi connectivity index (χ2v) is 5.04. The maximum atomic E-state index is 12.2. The Balaban J connectivity index is 1.94. The topological polar surface area (TPSA) is 53.5 Å². The van der Waals surface area contributed by atoms with Crippen LogP contribution in [0, 0.1) is 5.92 Å². The van der Waals surface area contributed by atoms with Crippen LogP contribution in [0.4, 0.5) is 0 Å². The van der Waals surface area contributed by atoms with Crippen molar-refractivity contribution in [2.45, 2.75) is 12.8 Å². The molecule has 0 N–H and O–H groups in total. The smallest absolute Gasteiger partial charge is 0.253 e. The van der Waals surface area contributed by atoms with Crippen LogP contribution >= 0.6 is 0 Å². The van der Waals surface area contributed by atoms with Gasteiger partial charge in [-0.3, -0.25) is 14.6 Å². The van der Waals surface area contributed by atoms with E-state index in [-0.39, 0.29) is 17.7 Å². The minimum atomic E-state index is 0.0261. The quantitative estimate of drug-likeness (QED) is 0.798. The van der Waals surface area contributed by atoms with Crippen molar-refractivity contribution in [1.82, 2.24) is 14.8 Å². The Bertz CT molecular complexity index is 451. The third-order valence-corrected chi connectivity index (χ3v) is 3.50. The van der Waals surface area contributed by atoms with Crippen molar-refractivity contribution < 1.29 is 9.59 Å². The summed E-state index contributed by atoms with van der Waals surface area (Å²) in [4.78, 5) is 31.4. The van der Waals surface area contributed by atoms with Gasteiger partial charge in [0.25, 0.3) is 5.91 Å². The van der Waals surface area contributed by atoms with Crippen molar-refractivity contribution in [2.24, 2.45) is 5.92 Å². The van der Waals surface area contributed by atoms with E-state index in [0.29, 0.717) is 18.7 Å². The number of carbonyl (C=O) groups is 2. The molecule has 19 heavy (non-hydrogen) atoms. The van der Waals surface area contributed by atoms with Gasteiger partial charge in [0.15, 0.2) is 0 Å². The molecule has 0 atom stereocenters. The molecule has 5 nitrogen and oxygen atoms in total. The molecule has 0 unspecified atom stereocenters. The number of piperidine rings is 1. The molecule has 1 aliphatic rings. The first-order valence-electron chi connectivity index (χ1n) is 6.50. The summed E-state index contributed by atoms with van der Waals surface area (Å²) >= 11 is 0. The Morgan fingerprint density at radius 1 is 1.21 bits per heavy atom. The Morgan fingerprint density at radius 3 is 2.32 bits per heavy atom. The van der Waals surface area contributed by atoms with Gasteiger partial charge in [-0.15, -0.1) is 0 Å². The lowest BCUT2D eigenvalue weighted by Gasteiger charge is -2.32. The number of carbonyl (C=O) groups excluding carboxylic acids is 2. The fourth-order valence-corrected chi connectivity index (χ4v) is 2.37. The molecule has 0 radical (unpaired) electrons. The molecule has 2 heterocycles. The van der Waals surface area contributed by atoms with E-state index in [2.05, 4.69) is 4.98 Å². The Hall–Kier alpha value is -1.91. The zero-order chi connectivity index (χ0) is 13.8. The highest BCUT2D eigenvalue weighted by atomic mass is 16.2. The van der Waals surface area contributed by atoms with Crippen molar-refractivity contribution in [2.75, 3.05) is 27.2 Å². The summed E-state index contributed by atoms with van der Waals surface area (Å²) in [6.07, 6.45) is 4.73. The molecular weight excluding hydrogens is 242 g/mol. The minimum absolute atomic E-state index is 0.0261. The van der Waals surface area contributed by atoms with Gasteiger partial charge in [0.05, 0.1) is 0 Å². The Kier molecular flexibility index (Phi) is 4.14. The molecule has 0 aliphatic carbocycles. The first-order valence-corrected chi connectivity index (χ1v) is 6.50. The molecule has 102 valence electrons. The zero-order valence-corrected chi connectivity index (χ0v) is 11.4. The number of rotatable bonds is 2. The van der Waals surface area contributed by atoms with Crippen molar-refractivity contribution in [3.05, 3.63) is 30.1 Å². The summed E-state index contributed by atoms with van der Waals surface area (Å²) in [5.41, 5.74) is 0.660. The van der Waals surface area contributed by atoms with Crippen LogP contribution in [0.25, 0.3) is 0 Å². The van der Waals surface area contributed by atoms with Crippen molar-refractivity contribution in [3.8, 4) is 0 Å². The van der Waals surface area contributed by atoms with E-state index < -0.39 is 0 Å². The van der Waals surface area contributed by atoms with Crippen LogP contribution in [-0.2, 0) is 4.79 Å². The average Bonchev–Trinajstić information content (AvgIpc) is 2.46. The highest BCUT2D eigenvalue weighted by Gasteiger charge is 2.28. The minimum Gasteiger partial charge on any atom is -0.349 e. The predicted octanol–water partition coefficient (Wildman–Crippen LogP) is 1.02. The van der Waals surface area contributed by atoms with E-state index in [0.717, 1.165) is 12.8 Å². The molecule has 0 spiro atoms. The molecule has 5 heteroatoms. The van der Waals surface area contributed by atoms with Crippen LogP contribution in [0.1, 0.15) is 23.2 Å². The number of pyridine rings is 1. The molecule has 0 bridgehead atoms. The van der Waals surface area contributed by atoms with Crippen molar-refractivity contribution >= 4 is 11.8 Å². The number of likely N-dealkylation sites (tertiary alicyclic amines) is 1. The second kappa shape index (κ2) is 5.82. The van der Waals surface area contributed by atoms with Gasteiger partial charge >= 0.3 is 0 Å². The molecule has 2 amide bonds. The van der Waals surface area contributed by atoms with Gasteiger partial charge in [-0.2, -0.15) is 0 Å². The lowest BCUT2D eigenvalue weighted by molar-refractivity contribution is -0.134. The third kappa shape index (κ3) is 3.10. The zero-order valence-electron chi connectivity index (χ0n) is 11.4. The van der Waals surface area contributed by atoms with E-state index in [1.54, 1.807) is 43.5 Å². The first kappa shape index (κ1) is 13.5. The fraction of sp³-hybridized carbons (Fsp3) is 0.500. The van der Waals surface area contributed by atoms with Gasteiger partial charge in [0, 0.05) is 51.1 Å². The number of aromatic nitrogens is 1. The summed E-state index contributed by atoms with van der Waals surface area (Å²) in [5, 5.41) is 0. The number of hydrogen-bond donors (Lipinski definition) is 0. The van der Waals surface area contributed by atoms with E-state index in [4.69, 9.17) is 0 Å². The van der Waals surface area contributed by atoms with Gasteiger partial charge in [-0.1, -0.05) is 0 Å². The second-order valence-electron chi connectivity index (χ2n) is 5.04. The average molecular weight is 261 g/mol. The van der Waals surface area contributed by atoms with Crippen molar-refractivity contribution in [1.29, 1.82) is 0 Å². The van der Waals surface area contributed by atoms with Gasteiger partial charge in [-0.25, -0.2) is 0 Å². The van der Waals surface area contributed by atoms with E-state index >= 15 is 0 Å². The van der Waals surface area contributed by atoms with Crippen LogP contribution in [0.15, 0.2) is 24.5 Å². The van der Waals surface area contributed by atoms with Gasteiger partial charge < -0.3 is 9.80 Å². The monoisotopic (exact) mass is 261 g/mol. The predicted molar refractivity (Wildman–Crippen MR) is 71.6 cm³/mol. The Labute approximate surface area is 113 Å². The Morgan fingerprint density at radius 2 is 1.79 bits per heavy atom. The van der Waals surface area contributed by atoms with Crippen LogP contribution < -0.4 is 0 Å².